The summed E-state index contributed by atoms with van der Waals surface area (Å²) in [5.41, 5.74) is 2.38. The maximum atomic E-state index is 13.6. The molecule has 35 heavy (non-hydrogen) atoms. The summed E-state index contributed by atoms with van der Waals surface area (Å²) in [7, 11) is -2.23. The zero-order valence-corrected chi connectivity index (χ0v) is 22.7. The number of rotatable bonds is 9. The number of sulfonamides is 1. The summed E-state index contributed by atoms with van der Waals surface area (Å²) in [4.78, 5) is 28.1. The van der Waals surface area contributed by atoms with Gasteiger partial charge in [0.1, 0.15) is 18.3 Å². The number of aryl methyl sites for hydroxylation is 1. The smallest absolute Gasteiger partial charge is 0.244 e. The molecule has 0 spiro atoms. The van der Waals surface area contributed by atoms with Crippen LogP contribution in [-0.4, -0.2) is 56.6 Å². The first kappa shape index (κ1) is 28.2. The van der Waals surface area contributed by atoms with Crippen LogP contribution in [0.25, 0.3) is 0 Å². The zero-order valence-electron chi connectivity index (χ0n) is 21.9. The number of benzene rings is 2. The van der Waals surface area contributed by atoms with Crippen LogP contribution in [-0.2, 0) is 26.2 Å². The zero-order chi connectivity index (χ0) is 26.6. The molecule has 0 unspecified atom stereocenters. The van der Waals surface area contributed by atoms with Crippen LogP contribution in [0.5, 0.6) is 5.75 Å². The normalized spacial score (nSPS) is 12.6. The molecule has 2 aromatic carbocycles. The van der Waals surface area contributed by atoms with E-state index < -0.39 is 34.1 Å². The Morgan fingerprint density at radius 2 is 1.71 bits per heavy atom. The topological polar surface area (TPSA) is 96.0 Å². The van der Waals surface area contributed by atoms with Crippen molar-refractivity contribution in [1.82, 2.24) is 10.2 Å². The average Bonchev–Trinajstić information content (AvgIpc) is 2.75. The molecule has 0 saturated heterocycles. The number of methoxy groups -OCH3 is 1. The SMILES string of the molecule is COc1cccc(CN(C(=O)CN(c2cccc(C)c2C)S(C)(=O)=O)[C@@H](C)C(=O)NC(C)(C)C)c1. The van der Waals surface area contributed by atoms with Crippen LogP contribution in [0.15, 0.2) is 42.5 Å². The molecule has 9 heteroatoms. The molecule has 0 radical (unpaired) electrons. The summed E-state index contributed by atoms with van der Waals surface area (Å²) < 4.78 is 31.9. The van der Waals surface area contributed by atoms with Gasteiger partial charge in [-0.05, 0) is 76.4 Å². The van der Waals surface area contributed by atoms with Crippen LogP contribution in [0.1, 0.15) is 44.4 Å². The van der Waals surface area contributed by atoms with Crippen molar-refractivity contribution in [3.8, 4) is 5.75 Å². The van der Waals surface area contributed by atoms with E-state index in [9.17, 15) is 18.0 Å². The van der Waals surface area contributed by atoms with Gasteiger partial charge in [0.2, 0.25) is 21.8 Å². The molecule has 1 atom stereocenters. The van der Waals surface area contributed by atoms with E-state index in [1.165, 1.54) is 4.90 Å². The van der Waals surface area contributed by atoms with Crippen molar-refractivity contribution in [2.45, 2.75) is 59.7 Å². The fraction of sp³-hybridized carbons (Fsp3) is 0.462. The predicted octanol–water partition coefficient (Wildman–Crippen LogP) is 3.41. The standard InChI is InChI=1S/C26H37N3O5S/c1-18-11-9-14-23(19(18)2)29(35(8,32)33)17-24(30)28(20(3)25(31)27-26(4,5)6)16-21-12-10-13-22(15-21)34-7/h9-15,20H,16-17H2,1-8H3,(H,27,31)/t20-/m0/s1. The number of carbonyl (C=O) groups excluding carboxylic acids is 2. The number of anilines is 1. The Balaban J connectivity index is 2.47. The highest BCUT2D eigenvalue weighted by atomic mass is 32.2. The number of carbonyl (C=O) groups is 2. The van der Waals surface area contributed by atoms with Crippen LogP contribution in [0.3, 0.4) is 0 Å². The van der Waals surface area contributed by atoms with Gasteiger partial charge >= 0.3 is 0 Å². The highest BCUT2D eigenvalue weighted by molar-refractivity contribution is 7.92. The quantitative estimate of drug-likeness (QED) is 0.566. The molecule has 1 N–H and O–H groups in total. The minimum absolute atomic E-state index is 0.110. The molecule has 0 bridgehead atoms. The molecule has 0 aromatic heterocycles. The molecule has 8 nitrogen and oxygen atoms in total. The van der Waals surface area contributed by atoms with E-state index >= 15 is 0 Å². The maximum Gasteiger partial charge on any atom is 0.244 e. The molecule has 192 valence electrons. The van der Waals surface area contributed by atoms with Gasteiger partial charge in [0.05, 0.1) is 19.1 Å². The highest BCUT2D eigenvalue weighted by Gasteiger charge is 2.31. The van der Waals surface area contributed by atoms with Crippen molar-refractivity contribution in [3.63, 3.8) is 0 Å². The summed E-state index contributed by atoms with van der Waals surface area (Å²) in [6, 6.07) is 11.7. The average molecular weight is 504 g/mol. The van der Waals surface area contributed by atoms with Gasteiger partial charge in [-0.25, -0.2) is 8.42 Å². The van der Waals surface area contributed by atoms with Crippen molar-refractivity contribution < 1.29 is 22.7 Å². The molecule has 2 rings (SSSR count). The molecule has 2 amide bonds. The lowest BCUT2D eigenvalue weighted by Crippen LogP contribution is -2.54. The van der Waals surface area contributed by atoms with Gasteiger partial charge in [-0.15, -0.1) is 0 Å². The van der Waals surface area contributed by atoms with E-state index in [1.807, 2.05) is 46.8 Å². The van der Waals surface area contributed by atoms with Gasteiger partial charge in [-0.2, -0.15) is 0 Å². The summed E-state index contributed by atoms with van der Waals surface area (Å²) in [5, 5.41) is 2.91. The van der Waals surface area contributed by atoms with Crippen molar-refractivity contribution in [2.75, 3.05) is 24.2 Å². The highest BCUT2D eigenvalue weighted by Crippen LogP contribution is 2.25. The second-order valence-electron chi connectivity index (χ2n) is 9.78. The number of nitrogens with one attached hydrogen (secondary N) is 1. The van der Waals surface area contributed by atoms with E-state index in [2.05, 4.69) is 5.32 Å². The lowest BCUT2D eigenvalue weighted by Gasteiger charge is -2.33. The fourth-order valence-corrected chi connectivity index (χ4v) is 4.52. The molecule has 0 aliphatic rings. The predicted molar refractivity (Wildman–Crippen MR) is 139 cm³/mol. The molecular weight excluding hydrogens is 466 g/mol. The molecule has 2 aromatic rings. The second-order valence-corrected chi connectivity index (χ2v) is 11.7. The number of amides is 2. The minimum atomic E-state index is -3.78. The Bertz CT molecular complexity index is 1170. The monoisotopic (exact) mass is 503 g/mol. The largest absolute Gasteiger partial charge is 0.497 e. The lowest BCUT2D eigenvalue weighted by atomic mass is 10.1. The lowest BCUT2D eigenvalue weighted by molar-refractivity contribution is -0.140. The van der Waals surface area contributed by atoms with Gasteiger partial charge in [-0.1, -0.05) is 24.3 Å². The summed E-state index contributed by atoms with van der Waals surface area (Å²) in [5.74, 6) is -0.197. The van der Waals surface area contributed by atoms with Crippen LogP contribution < -0.4 is 14.4 Å². The van der Waals surface area contributed by atoms with E-state index in [0.29, 0.717) is 11.4 Å². The van der Waals surface area contributed by atoms with Crippen LogP contribution in [0, 0.1) is 13.8 Å². The van der Waals surface area contributed by atoms with E-state index in [1.54, 1.807) is 44.4 Å². The van der Waals surface area contributed by atoms with E-state index in [-0.39, 0.29) is 12.5 Å². The molecular formula is C26H37N3O5S. The first-order chi connectivity index (χ1) is 16.1. The second kappa shape index (κ2) is 11.1. The third-order valence-electron chi connectivity index (χ3n) is 5.68. The molecule has 0 fully saturated rings. The number of hydrogen-bond acceptors (Lipinski definition) is 5. The molecule has 0 saturated carbocycles. The Labute approximate surface area is 209 Å². The Morgan fingerprint density at radius 1 is 1.09 bits per heavy atom. The van der Waals surface area contributed by atoms with Gasteiger partial charge in [0, 0.05) is 12.1 Å². The third-order valence-corrected chi connectivity index (χ3v) is 6.80. The van der Waals surface area contributed by atoms with E-state index in [0.717, 1.165) is 27.3 Å². The molecule has 0 aliphatic heterocycles. The van der Waals surface area contributed by atoms with Crippen LogP contribution >= 0.6 is 0 Å². The number of ether oxygens (including phenoxy) is 1. The minimum Gasteiger partial charge on any atom is -0.497 e. The maximum absolute atomic E-state index is 13.6. The summed E-state index contributed by atoms with van der Waals surface area (Å²) in [6.07, 6.45) is 1.07. The number of nitrogens with zero attached hydrogens (tertiary/aromatic N) is 2. The van der Waals surface area contributed by atoms with Crippen molar-refractivity contribution in [2.24, 2.45) is 0 Å². The van der Waals surface area contributed by atoms with Crippen molar-refractivity contribution in [1.29, 1.82) is 0 Å². The van der Waals surface area contributed by atoms with Crippen LogP contribution in [0.4, 0.5) is 5.69 Å². The van der Waals surface area contributed by atoms with Gasteiger partial charge in [0.15, 0.2) is 0 Å². The Morgan fingerprint density at radius 3 is 2.29 bits per heavy atom. The summed E-state index contributed by atoms with van der Waals surface area (Å²) >= 11 is 0. The van der Waals surface area contributed by atoms with Gasteiger partial charge in [-0.3, -0.25) is 13.9 Å². The van der Waals surface area contributed by atoms with Crippen molar-refractivity contribution >= 4 is 27.5 Å². The summed E-state index contributed by atoms with van der Waals surface area (Å²) in [6.45, 7) is 10.6. The first-order valence-corrected chi connectivity index (χ1v) is 13.3. The van der Waals surface area contributed by atoms with Crippen molar-refractivity contribution in [3.05, 3.63) is 59.2 Å². The van der Waals surface area contributed by atoms with Gasteiger partial charge < -0.3 is 15.0 Å². The van der Waals surface area contributed by atoms with Crippen LogP contribution in [0.2, 0.25) is 0 Å². The number of hydrogen-bond donors (Lipinski definition) is 1. The van der Waals surface area contributed by atoms with E-state index in [4.69, 9.17) is 4.74 Å². The molecule has 0 aliphatic carbocycles. The fourth-order valence-electron chi connectivity index (χ4n) is 3.62. The van der Waals surface area contributed by atoms with Gasteiger partial charge in [0.25, 0.3) is 0 Å². The third kappa shape index (κ3) is 7.71. The Hall–Kier alpha value is -3.07. The first-order valence-electron chi connectivity index (χ1n) is 11.4. The molecule has 0 heterocycles. The Kier molecular flexibility index (Phi) is 8.94.